The molecule has 0 saturated carbocycles. The highest BCUT2D eigenvalue weighted by Gasteiger charge is 2.08. The fourth-order valence-corrected chi connectivity index (χ4v) is 2.05. The molecular weight excluding hydrogens is 334 g/mol. The summed E-state index contributed by atoms with van der Waals surface area (Å²) in [4.78, 5) is 0.298. The Morgan fingerprint density at radius 2 is 1.83 bits per heavy atom. The number of benzene rings is 2. The molecule has 0 fully saturated rings. The maximum Gasteiger partial charge on any atom is 0.138 e. The van der Waals surface area contributed by atoms with Gasteiger partial charge in [-0.1, -0.05) is 39.7 Å². The van der Waals surface area contributed by atoms with Gasteiger partial charge in [-0.05, 0) is 42.5 Å². The molecule has 0 saturated heterocycles. The molecule has 0 aliphatic rings. The van der Waals surface area contributed by atoms with E-state index >= 15 is 0 Å². The van der Waals surface area contributed by atoms with E-state index in [2.05, 4.69) is 15.9 Å². The van der Waals surface area contributed by atoms with E-state index in [1.165, 1.54) is 0 Å². The van der Waals surface area contributed by atoms with Crippen molar-refractivity contribution in [2.24, 2.45) is 5.73 Å². The summed E-state index contributed by atoms with van der Waals surface area (Å²) in [5.74, 6) is 1.29. The molecule has 0 bridgehead atoms. The summed E-state index contributed by atoms with van der Waals surface area (Å²) in [6, 6.07) is 12.6. The molecule has 0 aromatic heterocycles. The number of thiocarbonyl (C=S) groups is 1. The highest BCUT2D eigenvalue weighted by molar-refractivity contribution is 9.10. The predicted octanol–water partition coefficient (Wildman–Crippen LogP) is 4.53. The molecular formula is C13H9BrClNOS. The van der Waals surface area contributed by atoms with Crippen LogP contribution in [0.2, 0.25) is 5.02 Å². The first-order valence-corrected chi connectivity index (χ1v) is 6.67. The lowest BCUT2D eigenvalue weighted by Crippen LogP contribution is -2.10. The lowest BCUT2D eigenvalue weighted by Gasteiger charge is -2.10. The molecule has 0 unspecified atom stereocenters. The van der Waals surface area contributed by atoms with Crippen molar-refractivity contribution >= 4 is 44.7 Å². The Morgan fingerprint density at radius 1 is 1.17 bits per heavy atom. The molecule has 0 aliphatic carbocycles. The van der Waals surface area contributed by atoms with Crippen LogP contribution in [-0.2, 0) is 0 Å². The summed E-state index contributed by atoms with van der Waals surface area (Å²) in [5, 5.41) is 0.658. The lowest BCUT2D eigenvalue weighted by atomic mass is 10.2. The third kappa shape index (κ3) is 3.22. The van der Waals surface area contributed by atoms with E-state index in [0.29, 0.717) is 27.1 Å². The zero-order valence-corrected chi connectivity index (χ0v) is 12.3. The molecule has 2 aromatic rings. The summed E-state index contributed by atoms with van der Waals surface area (Å²) in [6.07, 6.45) is 0. The number of halogens is 2. The van der Waals surface area contributed by atoms with Crippen molar-refractivity contribution in [3.05, 3.63) is 57.5 Å². The van der Waals surface area contributed by atoms with Gasteiger partial charge < -0.3 is 10.5 Å². The second kappa shape index (κ2) is 5.69. The first kappa shape index (κ1) is 13.3. The molecule has 5 heteroatoms. The number of nitrogens with two attached hydrogens (primary N) is 1. The first-order chi connectivity index (χ1) is 8.56. The molecule has 0 radical (unpaired) electrons. The molecule has 2 aromatic carbocycles. The molecule has 18 heavy (non-hydrogen) atoms. The summed E-state index contributed by atoms with van der Waals surface area (Å²) in [5.41, 5.74) is 6.35. The molecule has 0 amide bonds. The maximum absolute atomic E-state index is 5.82. The van der Waals surface area contributed by atoms with Gasteiger partial charge in [0, 0.05) is 9.50 Å². The van der Waals surface area contributed by atoms with E-state index in [1.54, 1.807) is 24.3 Å². The van der Waals surface area contributed by atoms with Crippen LogP contribution in [0.4, 0.5) is 0 Å². The van der Waals surface area contributed by atoms with Gasteiger partial charge in [-0.2, -0.15) is 0 Å². The van der Waals surface area contributed by atoms with Crippen molar-refractivity contribution in [3.63, 3.8) is 0 Å². The van der Waals surface area contributed by atoms with Crippen molar-refractivity contribution in [1.82, 2.24) is 0 Å². The molecule has 92 valence electrons. The predicted molar refractivity (Wildman–Crippen MR) is 81.6 cm³/mol. The van der Waals surface area contributed by atoms with Crippen molar-refractivity contribution in [3.8, 4) is 11.5 Å². The SMILES string of the molecule is NC(=S)c1ccc(Br)cc1Oc1ccc(Cl)cc1. The highest BCUT2D eigenvalue weighted by Crippen LogP contribution is 2.29. The van der Waals surface area contributed by atoms with Crippen LogP contribution >= 0.6 is 39.7 Å². The van der Waals surface area contributed by atoms with Gasteiger partial charge in [0.05, 0.1) is 5.56 Å². The number of hydrogen-bond acceptors (Lipinski definition) is 2. The van der Waals surface area contributed by atoms with Gasteiger partial charge in [-0.15, -0.1) is 0 Å². The third-order valence-electron chi connectivity index (χ3n) is 2.25. The average Bonchev–Trinajstić information content (AvgIpc) is 2.32. The molecule has 0 heterocycles. The van der Waals surface area contributed by atoms with E-state index in [4.69, 9.17) is 34.3 Å². The molecule has 2 rings (SSSR count). The molecule has 0 atom stereocenters. The van der Waals surface area contributed by atoms with Crippen LogP contribution in [0.15, 0.2) is 46.9 Å². The number of rotatable bonds is 3. The topological polar surface area (TPSA) is 35.2 Å². The van der Waals surface area contributed by atoms with Gasteiger partial charge in [0.1, 0.15) is 16.5 Å². The summed E-state index contributed by atoms with van der Waals surface area (Å²) in [7, 11) is 0. The zero-order chi connectivity index (χ0) is 13.1. The number of ether oxygens (including phenoxy) is 1. The van der Waals surface area contributed by atoms with E-state index in [9.17, 15) is 0 Å². The normalized spacial score (nSPS) is 10.1. The van der Waals surface area contributed by atoms with Gasteiger partial charge in [-0.3, -0.25) is 0 Å². The Kier molecular flexibility index (Phi) is 4.22. The van der Waals surface area contributed by atoms with Crippen LogP contribution in [0.1, 0.15) is 5.56 Å². The Hall–Kier alpha value is -1.10. The first-order valence-electron chi connectivity index (χ1n) is 5.09. The zero-order valence-electron chi connectivity index (χ0n) is 9.19. The lowest BCUT2D eigenvalue weighted by molar-refractivity contribution is 0.481. The van der Waals surface area contributed by atoms with Gasteiger partial charge in [0.15, 0.2) is 0 Å². The van der Waals surface area contributed by atoms with Crippen LogP contribution < -0.4 is 10.5 Å². The van der Waals surface area contributed by atoms with Crippen LogP contribution in [0.3, 0.4) is 0 Å². The minimum Gasteiger partial charge on any atom is -0.457 e. The smallest absolute Gasteiger partial charge is 0.138 e. The van der Waals surface area contributed by atoms with Gasteiger partial charge in [0.25, 0.3) is 0 Å². The van der Waals surface area contributed by atoms with Crippen LogP contribution in [0, 0.1) is 0 Å². The molecule has 2 N–H and O–H groups in total. The van der Waals surface area contributed by atoms with Crippen molar-refractivity contribution < 1.29 is 4.74 Å². The van der Waals surface area contributed by atoms with Gasteiger partial charge >= 0.3 is 0 Å². The minimum absolute atomic E-state index is 0.298. The second-order valence-electron chi connectivity index (χ2n) is 3.56. The maximum atomic E-state index is 5.82. The molecule has 0 aliphatic heterocycles. The van der Waals surface area contributed by atoms with E-state index in [0.717, 1.165) is 4.47 Å². The Labute approximate surface area is 124 Å². The van der Waals surface area contributed by atoms with Crippen molar-refractivity contribution in [2.45, 2.75) is 0 Å². The monoisotopic (exact) mass is 341 g/mol. The highest BCUT2D eigenvalue weighted by atomic mass is 79.9. The molecule has 0 spiro atoms. The fraction of sp³-hybridized carbons (Fsp3) is 0. The standard InChI is InChI=1S/C13H9BrClNOS/c14-8-1-6-11(13(16)18)12(7-8)17-10-4-2-9(15)3-5-10/h1-7H,(H2,16,18). The quantitative estimate of drug-likeness (QED) is 0.832. The van der Waals surface area contributed by atoms with Crippen molar-refractivity contribution in [1.29, 1.82) is 0 Å². The summed E-state index contributed by atoms with van der Waals surface area (Å²) in [6.45, 7) is 0. The Bertz CT molecular complexity index is 586. The summed E-state index contributed by atoms with van der Waals surface area (Å²) < 4.78 is 6.65. The largest absolute Gasteiger partial charge is 0.457 e. The fourth-order valence-electron chi connectivity index (χ4n) is 1.41. The summed E-state index contributed by atoms with van der Waals surface area (Å²) >= 11 is 14.2. The van der Waals surface area contributed by atoms with Crippen LogP contribution in [0.5, 0.6) is 11.5 Å². The Balaban J connectivity index is 2.35. The van der Waals surface area contributed by atoms with Gasteiger partial charge in [-0.25, -0.2) is 0 Å². The number of hydrogen-bond donors (Lipinski definition) is 1. The second-order valence-corrected chi connectivity index (χ2v) is 5.35. The van der Waals surface area contributed by atoms with Gasteiger partial charge in [0.2, 0.25) is 0 Å². The van der Waals surface area contributed by atoms with E-state index in [-0.39, 0.29) is 0 Å². The van der Waals surface area contributed by atoms with Crippen LogP contribution in [0.25, 0.3) is 0 Å². The Morgan fingerprint density at radius 3 is 2.44 bits per heavy atom. The van der Waals surface area contributed by atoms with Crippen molar-refractivity contribution in [2.75, 3.05) is 0 Å². The van der Waals surface area contributed by atoms with E-state index in [1.807, 2.05) is 18.2 Å². The molecule has 2 nitrogen and oxygen atoms in total. The average molecular weight is 343 g/mol. The third-order valence-corrected chi connectivity index (χ3v) is 3.22. The van der Waals surface area contributed by atoms with Crippen LogP contribution in [-0.4, -0.2) is 4.99 Å². The minimum atomic E-state index is 0.298. The van der Waals surface area contributed by atoms with E-state index < -0.39 is 0 Å².